The van der Waals surface area contributed by atoms with Gasteiger partial charge in [-0.1, -0.05) is 5.16 Å². The van der Waals surface area contributed by atoms with Crippen LogP contribution < -0.4 is 9.47 Å². The lowest BCUT2D eigenvalue weighted by Gasteiger charge is -2.11. The van der Waals surface area contributed by atoms with Crippen LogP contribution in [0.3, 0.4) is 0 Å². The quantitative estimate of drug-likeness (QED) is 0.469. The number of nitrogens with zero attached hydrogens (tertiary/aromatic N) is 4. The molecule has 144 valence electrons. The fraction of sp³-hybridized carbons (Fsp3) is 0.286. The summed E-state index contributed by atoms with van der Waals surface area (Å²) in [6.07, 6.45) is 1.84. The molecule has 7 nitrogen and oxygen atoms in total. The highest BCUT2D eigenvalue weighted by Crippen LogP contribution is 2.33. The van der Waals surface area contributed by atoms with E-state index in [2.05, 4.69) is 26.6 Å². The van der Waals surface area contributed by atoms with E-state index in [1.54, 1.807) is 0 Å². The van der Waals surface area contributed by atoms with Crippen LogP contribution in [-0.4, -0.2) is 32.9 Å². The standard InChI is InChI=1S/C21H22N4O3/c1-4-25-13-22-16-11-14(7-9-17(16)25)20-23-21(28-24-20)15-8-10-18(26-5-2)19(12-15)27-6-3/h7-13H,4-6H2,1-3H3. The Morgan fingerprint density at radius 3 is 2.50 bits per heavy atom. The Morgan fingerprint density at radius 1 is 0.929 bits per heavy atom. The molecule has 0 bridgehead atoms. The number of fused-ring (bicyclic) bond motifs is 1. The van der Waals surface area contributed by atoms with Gasteiger partial charge in [0.05, 0.1) is 30.6 Å². The molecule has 4 rings (SSSR count). The molecule has 0 aliphatic rings. The Hall–Kier alpha value is -3.35. The van der Waals surface area contributed by atoms with Crippen molar-refractivity contribution in [3.63, 3.8) is 0 Å². The van der Waals surface area contributed by atoms with Crippen molar-refractivity contribution < 1.29 is 14.0 Å². The molecule has 2 aromatic carbocycles. The summed E-state index contributed by atoms with van der Waals surface area (Å²) in [5.41, 5.74) is 3.63. The van der Waals surface area contributed by atoms with Crippen LogP contribution in [0.25, 0.3) is 33.9 Å². The van der Waals surface area contributed by atoms with Crippen LogP contribution in [0, 0.1) is 0 Å². The minimum atomic E-state index is 0.429. The second-order valence-electron chi connectivity index (χ2n) is 6.18. The van der Waals surface area contributed by atoms with Crippen molar-refractivity contribution in [1.29, 1.82) is 0 Å². The summed E-state index contributed by atoms with van der Waals surface area (Å²) in [4.78, 5) is 9.00. The normalized spacial score (nSPS) is 11.1. The largest absolute Gasteiger partial charge is 0.490 e. The summed E-state index contributed by atoms with van der Waals surface area (Å²) in [5, 5.41) is 4.14. The van der Waals surface area contributed by atoms with Gasteiger partial charge in [-0.05, 0) is 57.2 Å². The van der Waals surface area contributed by atoms with Gasteiger partial charge < -0.3 is 18.6 Å². The van der Waals surface area contributed by atoms with Crippen LogP contribution in [0.15, 0.2) is 47.2 Å². The predicted octanol–water partition coefficient (Wildman–Crippen LogP) is 4.57. The lowest BCUT2D eigenvalue weighted by molar-refractivity contribution is 0.288. The van der Waals surface area contributed by atoms with Crippen LogP contribution in [-0.2, 0) is 6.54 Å². The molecule has 2 aromatic heterocycles. The van der Waals surface area contributed by atoms with Gasteiger partial charge in [-0.25, -0.2) is 4.98 Å². The number of rotatable bonds is 7. The molecule has 2 heterocycles. The van der Waals surface area contributed by atoms with E-state index < -0.39 is 0 Å². The van der Waals surface area contributed by atoms with Gasteiger partial charge in [0, 0.05) is 17.7 Å². The summed E-state index contributed by atoms with van der Waals surface area (Å²) in [5.74, 6) is 2.31. The number of benzene rings is 2. The maximum Gasteiger partial charge on any atom is 0.258 e. The zero-order chi connectivity index (χ0) is 19.5. The second kappa shape index (κ2) is 7.72. The van der Waals surface area contributed by atoms with Gasteiger partial charge in [-0.15, -0.1) is 0 Å². The van der Waals surface area contributed by atoms with Crippen molar-refractivity contribution in [2.75, 3.05) is 13.2 Å². The predicted molar refractivity (Wildman–Crippen MR) is 106 cm³/mol. The van der Waals surface area contributed by atoms with Gasteiger partial charge in [0.15, 0.2) is 11.5 Å². The molecule has 0 unspecified atom stereocenters. The maximum atomic E-state index is 5.68. The lowest BCUT2D eigenvalue weighted by atomic mass is 10.2. The highest BCUT2D eigenvalue weighted by Gasteiger charge is 2.15. The zero-order valence-electron chi connectivity index (χ0n) is 16.2. The van der Waals surface area contributed by atoms with Gasteiger partial charge in [-0.2, -0.15) is 4.98 Å². The molecule has 0 saturated heterocycles. The lowest BCUT2D eigenvalue weighted by Crippen LogP contribution is -1.98. The van der Waals surface area contributed by atoms with Crippen LogP contribution in [0.4, 0.5) is 0 Å². The van der Waals surface area contributed by atoms with E-state index in [9.17, 15) is 0 Å². The highest BCUT2D eigenvalue weighted by atomic mass is 16.5. The summed E-state index contributed by atoms with van der Waals surface area (Å²) < 4.78 is 18.9. The first kappa shape index (κ1) is 18.0. The smallest absolute Gasteiger partial charge is 0.258 e. The first-order valence-corrected chi connectivity index (χ1v) is 9.42. The fourth-order valence-electron chi connectivity index (χ4n) is 3.10. The molecule has 0 atom stereocenters. The number of aromatic nitrogens is 4. The Kier molecular flexibility index (Phi) is 4.97. The first-order valence-electron chi connectivity index (χ1n) is 9.42. The summed E-state index contributed by atoms with van der Waals surface area (Å²) >= 11 is 0. The molecule has 0 radical (unpaired) electrons. The number of aryl methyl sites for hydroxylation is 1. The maximum absolute atomic E-state index is 5.68. The van der Waals surface area contributed by atoms with Gasteiger partial charge in [0.25, 0.3) is 5.89 Å². The monoisotopic (exact) mass is 378 g/mol. The second-order valence-corrected chi connectivity index (χ2v) is 6.18. The first-order chi connectivity index (χ1) is 13.7. The third-order valence-electron chi connectivity index (χ3n) is 4.44. The minimum absolute atomic E-state index is 0.429. The average Bonchev–Trinajstić information content (AvgIpc) is 3.36. The van der Waals surface area contributed by atoms with Gasteiger partial charge in [0.2, 0.25) is 5.82 Å². The average molecular weight is 378 g/mol. The van der Waals surface area contributed by atoms with E-state index in [4.69, 9.17) is 14.0 Å². The molecule has 4 aromatic rings. The van der Waals surface area contributed by atoms with Crippen molar-refractivity contribution in [2.45, 2.75) is 27.3 Å². The Balaban J connectivity index is 1.66. The van der Waals surface area contributed by atoms with Gasteiger partial charge >= 0.3 is 0 Å². The SMILES string of the molecule is CCOc1ccc(-c2nc(-c3ccc4c(c3)ncn4CC)no2)cc1OCC. The van der Waals surface area contributed by atoms with E-state index in [0.717, 1.165) is 28.7 Å². The van der Waals surface area contributed by atoms with Gasteiger partial charge in [-0.3, -0.25) is 0 Å². The summed E-state index contributed by atoms with van der Waals surface area (Å²) in [6, 6.07) is 11.6. The molecule has 0 saturated carbocycles. The zero-order valence-corrected chi connectivity index (χ0v) is 16.2. The molecule has 0 aliphatic heterocycles. The molecular weight excluding hydrogens is 356 g/mol. The molecule has 0 fully saturated rings. The van der Waals surface area contributed by atoms with E-state index in [1.807, 2.05) is 56.6 Å². The molecular formula is C21H22N4O3. The Labute approximate surface area is 162 Å². The molecule has 0 N–H and O–H groups in total. The molecule has 0 aliphatic carbocycles. The van der Waals surface area contributed by atoms with Crippen molar-refractivity contribution in [1.82, 2.24) is 19.7 Å². The Morgan fingerprint density at radius 2 is 1.71 bits per heavy atom. The van der Waals surface area contributed by atoms with E-state index in [1.165, 1.54) is 0 Å². The number of ether oxygens (including phenoxy) is 2. The highest BCUT2D eigenvalue weighted by molar-refractivity contribution is 5.80. The van der Waals surface area contributed by atoms with E-state index in [0.29, 0.717) is 36.4 Å². The van der Waals surface area contributed by atoms with E-state index in [-0.39, 0.29) is 0 Å². The van der Waals surface area contributed by atoms with Crippen LogP contribution in [0.1, 0.15) is 20.8 Å². The molecule has 28 heavy (non-hydrogen) atoms. The summed E-state index contributed by atoms with van der Waals surface area (Å²) in [7, 11) is 0. The molecule has 0 spiro atoms. The van der Waals surface area contributed by atoms with Crippen molar-refractivity contribution in [2.24, 2.45) is 0 Å². The van der Waals surface area contributed by atoms with Crippen LogP contribution >= 0.6 is 0 Å². The third kappa shape index (κ3) is 3.31. The number of hydrogen-bond donors (Lipinski definition) is 0. The van der Waals surface area contributed by atoms with Gasteiger partial charge in [0.1, 0.15) is 0 Å². The fourth-order valence-corrected chi connectivity index (χ4v) is 3.10. The molecule has 0 amide bonds. The van der Waals surface area contributed by atoms with Crippen LogP contribution in [0.2, 0.25) is 0 Å². The number of hydrogen-bond acceptors (Lipinski definition) is 6. The van der Waals surface area contributed by atoms with Crippen LogP contribution in [0.5, 0.6) is 11.5 Å². The van der Waals surface area contributed by atoms with Crippen molar-refractivity contribution >= 4 is 11.0 Å². The molecule has 7 heteroatoms. The number of imidazole rings is 1. The topological polar surface area (TPSA) is 75.2 Å². The summed E-state index contributed by atoms with van der Waals surface area (Å²) in [6.45, 7) is 7.96. The Bertz CT molecular complexity index is 1100. The minimum Gasteiger partial charge on any atom is -0.490 e. The third-order valence-corrected chi connectivity index (χ3v) is 4.44. The van der Waals surface area contributed by atoms with Crippen molar-refractivity contribution in [3.8, 4) is 34.3 Å². The van der Waals surface area contributed by atoms with Crippen molar-refractivity contribution in [3.05, 3.63) is 42.7 Å². The van der Waals surface area contributed by atoms with E-state index >= 15 is 0 Å².